The number of carbonyl (C=O) groups is 1. The minimum atomic E-state index is -3.56. The molecular formula is C20H23Cl3N2O3S2. The first kappa shape index (κ1) is 25.1. The predicted molar refractivity (Wildman–Crippen MR) is 129 cm³/mol. The number of nitrogens with one attached hydrogen (secondary N) is 1. The van der Waals surface area contributed by atoms with E-state index in [-0.39, 0.29) is 23.9 Å². The Bertz CT molecular complexity index is 954. The molecule has 164 valence electrons. The molecule has 0 radical (unpaired) electrons. The highest BCUT2D eigenvalue weighted by Gasteiger charge is 2.20. The SMILES string of the molecule is CS(=O)(=O)N(CCCC(=O)NCCSCc1ccc(Cl)cc1)c1cc(Cl)ccc1Cl. The number of benzene rings is 2. The fourth-order valence-corrected chi connectivity index (χ4v) is 5.00. The lowest BCUT2D eigenvalue weighted by molar-refractivity contribution is -0.121. The number of hydrogen-bond donors (Lipinski definition) is 1. The minimum Gasteiger partial charge on any atom is -0.355 e. The first-order valence-electron chi connectivity index (χ1n) is 9.18. The average molecular weight is 510 g/mol. The van der Waals surface area contributed by atoms with Crippen molar-refractivity contribution in [2.45, 2.75) is 18.6 Å². The molecule has 0 aliphatic carbocycles. The van der Waals surface area contributed by atoms with Gasteiger partial charge in [0, 0.05) is 41.1 Å². The van der Waals surface area contributed by atoms with Crippen molar-refractivity contribution in [1.82, 2.24) is 5.32 Å². The second-order valence-corrected chi connectivity index (χ2v) is 10.9. The third-order valence-corrected chi connectivity index (χ3v) is 7.11. The molecule has 0 unspecified atom stereocenters. The Kier molecular flexibility index (Phi) is 10.1. The van der Waals surface area contributed by atoms with E-state index in [2.05, 4.69) is 5.32 Å². The summed E-state index contributed by atoms with van der Waals surface area (Å²) in [6.45, 7) is 0.685. The van der Waals surface area contributed by atoms with E-state index in [1.54, 1.807) is 23.9 Å². The normalized spacial score (nSPS) is 11.3. The van der Waals surface area contributed by atoms with Gasteiger partial charge in [0.2, 0.25) is 15.9 Å². The number of sulfonamides is 1. The largest absolute Gasteiger partial charge is 0.355 e. The van der Waals surface area contributed by atoms with Crippen LogP contribution in [-0.2, 0) is 20.6 Å². The zero-order valence-corrected chi connectivity index (χ0v) is 20.3. The first-order valence-corrected chi connectivity index (χ1v) is 13.3. The van der Waals surface area contributed by atoms with E-state index in [0.717, 1.165) is 17.8 Å². The summed E-state index contributed by atoms with van der Waals surface area (Å²) >= 11 is 19.7. The van der Waals surface area contributed by atoms with Crippen molar-refractivity contribution in [3.8, 4) is 0 Å². The van der Waals surface area contributed by atoms with Crippen LogP contribution in [0.25, 0.3) is 0 Å². The fourth-order valence-electron chi connectivity index (χ4n) is 2.65. The third-order valence-electron chi connectivity index (χ3n) is 4.09. The summed E-state index contributed by atoms with van der Waals surface area (Å²) < 4.78 is 25.5. The van der Waals surface area contributed by atoms with Crippen LogP contribution in [0.2, 0.25) is 15.1 Å². The molecule has 0 aliphatic heterocycles. The topological polar surface area (TPSA) is 66.5 Å². The van der Waals surface area contributed by atoms with Gasteiger partial charge in [0.15, 0.2) is 0 Å². The third kappa shape index (κ3) is 8.55. The summed E-state index contributed by atoms with van der Waals surface area (Å²) in [7, 11) is -3.56. The quantitative estimate of drug-likeness (QED) is 0.421. The van der Waals surface area contributed by atoms with Crippen LogP contribution in [0.15, 0.2) is 42.5 Å². The molecule has 0 fully saturated rings. The number of halogens is 3. The monoisotopic (exact) mass is 508 g/mol. The molecular weight excluding hydrogens is 487 g/mol. The van der Waals surface area contributed by atoms with Crippen molar-refractivity contribution in [2.24, 2.45) is 0 Å². The molecule has 0 spiro atoms. The number of thioether (sulfide) groups is 1. The lowest BCUT2D eigenvalue weighted by atomic mass is 10.2. The smallest absolute Gasteiger partial charge is 0.232 e. The molecule has 1 N–H and O–H groups in total. The number of amides is 1. The van der Waals surface area contributed by atoms with E-state index in [1.165, 1.54) is 15.9 Å². The van der Waals surface area contributed by atoms with Gasteiger partial charge in [-0.1, -0.05) is 46.9 Å². The highest BCUT2D eigenvalue weighted by molar-refractivity contribution is 7.98. The molecule has 2 rings (SSSR count). The molecule has 10 heteroatoms. The Balaban J connectivity index is 1.73. The second-order valence-electron chi connectivity index (χ2n) is 6.56. The molecule has 0 bridgehead atoms. The van der Waals surface area contributed by atoms with Gasteiger partial charge in [-0.25, -0.2) is 8.42 Å². The summed E-state index contributed by atoms with van der Waals surface area (Å²) in [5.74, 6) is 1.51. The van der Waals surface area contributed by atoms with Crippen LogP contribution in [0.4, 0.5) is 5.69 Å². The van der Waals surface area contributed by atoms with Gasteiger partial charge < -0.3 is 5.32 Å². The Morgan fingerprint density at radius 1 is 1.07 bits per heavy atom. The maximum Gasteiger partial charge on any atom is 0.232 e. The molecule has 1 amide bonds. The highest BCUT2D eigenvalue weighted by Crippen LogP contribution is 2.30. The van der Waals surface area contributed by atoms with E-state index in [0.29, 0.717) is 28.7 Å². The molecule has 0 saturated carbocycles. The van der Waals surface area contributed by atoms with Crippen LogP contribution < -0.4 is 9.62 Å². The van der Waals surface area contributed by atoms with Crippen LogP contribution in [0.1, 0.15) is 18.4 Å². The zero-order chi connectivity index (χ0) is 22.1. The predicted octanol–water partition coefficient (Wildman–Crippen LogP) is 5.24. The van der Waals surface area contributed by atoms with Crippen molar-refractivity contribution in [3.63, 3.8) is 0 Å². The molecule has 0 saturated heterocycles. The molecule has 0 aliphatic rings. The zero-order valence-electron chi connectivity index (χ0n) is 16.4. The molecule has 5 nitrogen and oxygen atoms in total. The van der Waals surface area contributed by atoms with E-state index in [9.17, 15) is 13.2 Å². The van der Waals surface area contributed by atoms with Crippen molar-refractivity contribution in [2.75, 3.05) is 29.4 Å². The van der Waals surface area contributed by atoms with Crippen molar-refractivity contribution in [3.05, 3.63) is 63.1 Å². The van der Waals surface area contributed by atoms with E-state index in [1.807, 2.05) is 24.3 Å². The van der Waals surface area contributed by atoms with Crippen LogP contribution in [0.3, 0.4) is 0 Å². The summed E-state index contributed by atoms with van der Waals surface area (Å²) in [5.41, 5.74) is 1.49. The van der Waals surface area contributed by atoms with Gasteiger partial charge in [-0.15, -0.1) is 0 Å². The number of rotatable bonds is 11. The number of carbonyl (C=O) groups excluding carboxylic acids is 1. The average Bonchev–Trinajstić information content (AvgIpc) is 2.67. The van der Waals surface area contributed by atoms with Crippen LogP contribution in [-0.4, -0.2) is 39.4 Å². The van der Waals surface area contributed by atoms with Crippen LogP contribution in [0, 0.1) is 0 Å². The Labute approximate surface area is 197 Å². The summed E-state index contributed by atoms with van der Waals surface area (Å²) in [6.07, 6.45) is 1.67. The fraction of sp³-hybridized carbons (Fsp3) is 0.350. The Hall–Kier alpha value is -1.12. The molecule has 0 aromatic heterocycles. The van der Waals surface area contributed by atoms with Gasteiger partial charge in [0.25, 0.3) is 0 Å². The second kappa shape index (κ2) is 12.1. The molecule has 30 heavy (non-hydrogen) atoms. The number of hydrogen-bond acceptors (Lipinski definition) is 4. The summed E-state index contributed by atoms with van der Waals surface area (Å²) in [4.78, 5) is 12.1. The lowest BCUT2D eigenvalue weighted by Crippen LogP contribution is -2.32. The van der Waals surface area contributed by atoms with Gasteiger partial charge in [0.1, 0.15) is 0 Å². The summed E-state index contributed by atoms with van der Waals surface area (Å²) in [6, 6.07) is 12.3. The van der Waals surface area contributed by atoms with Gasteiger partial charge in [-0.05, 0) is 42.3 Å². The Morgan fingerprint density at radius 3 is 2.40 bits per heavy atom. The van der Waals surface area contributed by atoms with Crippen LogP contribution in [0.5, 0.6) is 0 Å². The van der Waals surface area contributed by atoms with Gasteiger partial charge >= 0.3 is 0 Å². The first-order chi connectivity index (χ1) is 14.2. The van der Waals surface area contributed by atoms with E-state index in [4.69, 9.17) is 34.8 Å². The van der Waals surface area contributed by atoms with Crippen molar-refractivity contribution < 1.29 is 13.2 Å². The number of nitrogens with zero attached hydrogens (tertiary/aromatic N) is 1. The van der Waals surface area contributed by atoms with Crippen molar-refractivity contribution in [1.29, 1.82) is 0 Å². The maximum atomic E-state index is 12.2. The van der Waals surface area contributed by atoms with Crippen LogP contribution >= 0.6 is 46.6 Å². The van der Waals surface area contributed by atoms with Gasteiger partial charge in [0.05, 0.1) is 17.0 Å². The molecule has 2 aromatic carbocycles. The Morgan fingerprint density at radius 2 is 1.73 bits per heavy atom. The molecule has 0 atom stereocenters. The molecule has 0 heterocycles. The van der Waals surface area contributed by atoms with E-state index < -0.39 is 10.0 Å². The number of anilines is 1. The standard InChI is InChI=1S/C20H23Cl3N2O3S2/c1-30(27,28)25(19-13-17(22)8-9-18(19)23)11-2-3-20(26)24-10-12-29-14-15-4-6-16(21)7-5-15/h4-9,13H,2-3,10-12,14H2,1H3,(H,24,26). The molecule has 2 aromatic rings. The van der Waals surface area contributed by atoms with Crippen molar-refractivity contribution >= 4 is 68.2 Å². The van der Waals surface area contributed by atoms with Gasteiger partial charge in [-0.3, -0.25) is 9.10 Å². The maximum absolute atomic E-state index is 12.2. The van der Waals surface area contributed by atoms with Gasteiger partial charge in [-0.2, -0.15) is 11.8 Å². The van der Waals surface area contributed by atoms with E-state index >= 15 is 0 Å². The highest BCUT2D eigenvalue weighted by atomic mass is 35.5. The minimum absolute atomic E-state index is 0.118. The summed E-state index contributed by atoms with van der Waals surface area (Å²) in [5, 5.41) is 4.24. The lowest BCUT2D eigenvalue weighted by Gasteiger charge is -2.23.